The molecule has 0 bridgehead atoms. The number of amides is 1. The summed E-state index contributed by atoms with van der Waals surface area (Å²) < 4.78 is 5.05. The Balaban J connectivity index is 2.13. The van der Waals surface area contributed by atoms with Gasteiger partial charge in [-0.05, 0) is 30.7 Å². The van der Waals surface area contributed by atoms with Gasteiger partial charge in [0.25, 0.3) is 0 Å². The highest BCUT2D eigenvalue weighted by molar-refractivity contribution is 5.99. The lowest BCUT2D eigenvalue weighted by atomic mass is 10.1. The van der Waals surface area contributed by atoms with Crippen molar-refractivity contribution < 1.29 is 14.3 Å². The first-order valence-corrected chi connectivity index (χ1v) is 8.61. The van der Waals surface area contributed by atoms with Crippen LogP contribution in [0.1, 0.15) is 68.6 Å². The first-order valence-electron chi connectivity index (χ1n) is 8.61. The number of Topliss-reactive ketones (excluding diaryl/α,β-unsaturated/α-hetero) is 1. The third kappa shape index (κ3) is 8.38. The number of carbonyl (C=O) groups excluding carboxylic acids is 2. The van der Waals surface area contributed by atoms with Gasteiger partial charge >= 0.3 is 0 Å². The summed E-state index contributed by atoms with van der Waals surface area (Å²) in [5, 5.41) is 2.70. The molecule has 23 heavy (non-hydrogen) atoms. The molecule has 0 aromatic heterocycles. The van der Waals surface area contributed by atoms with Crippen molar-refractivity contribution in [3.8, 4) is 5.75 Å². The highest BCUT2D eigenvalue weighted by Crippen LogP contribution is 2.11. The third-order valence-electron chi connectivity index (χ3n) is 3.87. The van der Waals surface area contributed by atoms with Crippen molar-refractivity contribution in [2.24, 2.45) is 0 Å². The Hall–Kier alpha value is -1.84. The van der Waals surface area contributed by atoms with Crippen LogP contribution in [0.4, 0.5) is 0 Å². The number of methoxy groups -OCH3 is 1. The number of carbonyl (C=O) groups is 2. The molecule has 0 aliphatic rings. The zero-order valence-electron chi connectivity index (χ0n) is 14.4. The molecular weight excluding hydrogens is 290 g/mol. The normalized spacial score (nSPS) is 10.3. The van der Waals surface area contributed by atoms with Gasteiger partial charge in [0.05, 0.1) is 13.7 Å². The van der Waals surface area contributed by atoms with Crippen molar-refractivity contribution in [1.82, 2.24) is 5.32 Å². The first-order chi connectivity index (χ1) is 11.2. The topological polar surface area (TPSA) is 55.4 Å². The molecule has 1 rings (SSSR count). The van der Waals surface area contributed by atoms with Crippen molar-refractivity contribution in [3.05, 3.63) is 29.8 Å². The van der Waals surface area contributed by atoms with E-state index in [0.717, 1.165) is 12.8 Å². The monoisotopic (exact) mass is 319 g/mol. The second-order valence-corrected chi connectivity index (χ2v) is 5.80. The van der Waals surface area contributed by atoms with Crippen molar-refractivity contribution in [2.45, 2.75) is 58.3 Å². The van der Waals surface area contributed by atoms with Crippen LogP contribution in [-0.2, 0) is 4.79 Å². The Morgan fingerprint density at radius 2 is 1.57 bits per heavy atom. The van der Waals surface area contributed by atoms with Gasteiger partial charge in [-0.3, -0.25) is 9.59 Å². The maximum Gasteiger partial charge on any atom is 0.220 e. The van der Waals surface area contributed by atoms with E-state index in [4.69, 9.17) is 4.74 Å². The molecule has 1 amide bonds. The summed E-state index contributed by atoms with van der Waals surface area (Å²) in [6, 6.07) is 6.91. The first kappa shape index (κ1) is 19.2. The largest absolute Gasteiger partial charge is 0.497 e. The number of nitrogens with one attached hydrogen (secondary N) is 1. The second-order valence-electron chi connectivity index (χ2n) is 5.80. The maximum atomic E-state index is 12.0. The van der Waals surface area contributed by atoms with Crippen LogP contribution in [0.5, 0.6) is 5.75 Å². The van der Waals surface area contributed by atoms with Gasteiger partial charge < -0.3 is 10.1 Å². The van der Waals surface area contributed by atoms with Crippen molar-refractivity contribution >= 4 is 11.7 Å². The number of rotatable bonds is 12. The Labute approximate surface area is 139 Å². The molecule has 0 unspecified atom stereocenters. The van der Waals surface area contributed by atoms with E-state index in [2.05, 4.69) is 12.2 Å². The predicted octanol–water partition coefficient (Wildman–Crippen LogP) is 4.13. The summed E-state index contributed by atoms with van der Waals surface area (Å²) in [6.45, 7) is 2.26. The van der Waals surface area contributed by atoms with Gasteiger partial charge in [-0.25, -0.2) is 0 Å². The average molecular weight is 319 g/mol. The standard InChI is InChI=1S/C19H29NO3/c1-3-4-5-6-7-8-9-10-19(22)20-15-18(21)16-11-13-17(23-2)14-12-16/h11-14H,3-10,15H2,1-2H3,(H,20,22). The van der Waals surface area contributed by atoms with E-state index in [-0.39, 0.29) is 18.2 Å². The smallest absolute Gasteiger partial charge is 0.220 e. The minimum atomic E-state index is -0.0828. The van der Waals surface area contributed by atoms with Crippen LogP contribution in [0.15, 0.2) is 24.3 Å². The minimum Gasteiger partial charge on any atom is -0.497 e. The summed E-state index contributed by atoms with van der Waals surface area (Å²) in [7, 11) is 1.58. The zero-order chi connectivity index (χ0) is 16.9. The SMILES string of the molecule is CCCCCCCCCC(=O)NCC(=O)c1ccc(OC)cc1. The van der Waals surface area contributed by atoms with Crippen LogP contribution in [0.3, 0.4) is 0 Å². The Morgan fingerprint density at radius 1 is 0.957 bits per heavy atom. The number of ether oxygens (including phenoxy) is 1. The molecule has 1 aromatic rings. The molecule has 0 atom stereocenters. The molecule has 0 heterocycles. The lowest BCUT2D eigenvalue weighted by Crippen LogP contribution is -2.29. The number of unbranched alkanes of at least 4 members (excludes halogenated alkanes) is 6. The van der Waals surface area contributed by atoms with E-state index < -0.39 is 0 Å². The average Bonchev–Trinajstić information content (AvgIpc) is 2.59. The summed E-state index contributed by atoms with van der Waals surface area (Å²) >= 11 is 0. The molecular formula is C19H29NO3. The fraction of sp³-hybridized carbons (Fsp3) is 0.579. The highest BCUT2D eigenvalue weighted by Gasteiger charge is 2.08. The van der Waals surface area contributed by atoms with Gasteiger partial charge in [-0.2, -0.15) is 0 Å². The summed E-state index contributed by atoms with van der Waals surface area (Å²) in [6.07, 6.45) is 8.78. The lowest BCUT2D eigenvalue weighted by Gasteiger charge is -2.06. The minimum absolute atomic E-state index is 0.0413. The van der Waals surface area contributed by atoms with Crippen molar-refractivity contribution in [1.29, 1.82) is 0 Å². The van der Waals surface area contributed by atoms with E-state index >= 15 is 0 Å². The summed E-state index contributed by atoms with van der Waals surface area (Å²) in [4.78, 5) is 23.7. The van der Waals surface area contributed by atoms with E-state index in [9.17, 15) is 9.59 Å². The van der Waals surface area contributed by atoms with Crippen LogP contribution < -0.4 is 10.1 Å². The van der Waals surface area contributed by atoms with E-state index in [1.54, 1.807) is 31.4 Å². The highest BCUT2D eigenvalue weighted by atomic mass is 16.5. The van der Waals surface area contributed by atoms with Crippen LogP contribution in [0, 0.1) is 0 Å². The van der Waals surface area contributed by atoms with Crippen LogP contribution >= 0.6 is 0 Å². The Morgan fingerprint density at radius 3 is 2.17 bits per heavy atom. The zero-order valence-corrected chi connectivity index (χ0v) is 14.4. The van der Waals surface area contributed by atoms with E-state index in [1.807, 2.05) is 0 Å². The number of ketones is 1. The number of hydrogen-bond donors (Lipinski definition) is 1. The van der Waals surface area contributed by atoms with Gasteiger partial charge in [0.2, 0.25) is 5.91 Å². The summed E-state index contributed by atoms with van der Waals surface area (Å²) in [5.41, 5.74) is 0.585. The molecule has 1 N–H and O–H groups in total. The summed E-state index contributed by atoms with van der Waals surface area (Å²) in [5.74, 6) is 0.588. The molecule has 0 radical (unpaired) electrons. The quantitative estimate of drug-likeness (QED) is 0.465. The van der Waals surface area contributed by atoms with Crippen molar-refractivity contribution in [2.75, 3.05) is 13.7 Å². The fourth-order valence-corrected chi connectivity index (χ4v) is 2.39. The lowest BCUT2D eigenvalue weighted by molar-refractivity contribution is -0.121. The van der Waals surface area contributed by atoms with Crippen molar-refractivity contribution in [3.63, 3.8) is 0 Å². The van der Waals surface area contributed by atoms with Gasteiger partial charge in [0.1, 0.15) is 5.75 Å². The molecule has 128 valence electrons. The third-order valence-corrected chi connectivity index (χ3v) is 3.87. The maximum absolute atomic E-state index is 12.0. The molecule has 0 fully saturated rings. The molecule has 0 aliphatic carbocycles. The number of hydrogen-bond acceptors (Lipinski definition) is 3. The molecule has 0 saturated carbocycles. The van der Waals surface area contributed by atoms with Gasteiger partial charge in [0, 0.05) is 12.0 Å². The van der Waals surface area contributed by atoms with Crippen LogP contribution in [0.2, 0.25) is 0 Å². The number of benzene rings is 1. The van der Waals surface area contributed by atoms with Crippen LogP contribution in [0.25, 0.3) is 0 Å². The van der Waals surface area contributed by atoms with Gasteiger partial charge in [-0.1, -0.05) is 45.4 Å². The molecule has 0 aliphatic heterocycles. The predicted molar refractivity (Wildman–Crippen MR) is 92.9 cm³/mol. The molecule has 0 spiro atoms. The molecule has 0 saturated heterocycles. The second kappa shape index (κ2) is 11.7. The van der Waals surface area contributed by atoms with Gasteiger partial charge in [0.15, 0.2) is 5.78 Å². The fourth-order valence-electron chi connectivity index (χ4n) is 2.39. The van der Waals surface area contributed by atoms with E-state index in [1.165, 1.54) is 32.1 Å². The molecule has 1 aromatic carbocycles. The Bertz CT molecular complexity index is 468. The van der Waals surface area contributed by atoms with E-state index in [0.29, 0.717) is 17.7 Å². The van der Waals surface area contributed by atoms with Gasteiger partial charge in [-0.15, -0.1) is 0 Å². The Kier molecular flexibility index (Phi) is 9.76. The van der Waals surface area contributed by atoms with Crippen LogP contribution in [-0.4, -0.2) is 25.3 Å². The molecule has 4 nitrogen and oxygen atoms in total. The molecule has 4 heteroatoms.